The fraction of sp³-hybridized carbons (Fsp3) is 0.500. The molecule has 0 heterocycles. The van der Waals surface area contributed by atoms with Crippen molar-refractivity contribution < 1.29 is 9.84 Å². The lowest BCUT2D eigenvalue weighted by Crippen LogP contribution is -1.95. The molecule has 0 unspecified atom stereocenters. The van der Waals surface area contributed by atoms with Gasteiger partial charge in [0.1, 0.15) is 0 Å². The Bertz CT molecular complexity index is 282. The van der Waals surface area contributed by atoms with Crippen LogP contribution in [0.3, 0.4) is 0 Å². The Morgan fingerprint density at radius 2 is 2.00 bits per heavy atom. The van der Waals surface area contributed by atoms with E-state index in [0.29, 0.717) is 12.4 Å². The van der Waals surface area contributed by atoms with E-state index in [-0.39, 0.29) is 5.75 Å². The SMILES string of the molecule is CCCOc1ccc(CCC)cc1O. The number of aryl methyl sites for hydroxylation is 1. The Balaban J connectivity index is 2.68. The van der Waals surface area contributed by atoms with E-state index in [4.69, 9.17) is 4.74 Å². The third-order valence-corrected chi connectivity index (χ3v) is 2.02. The second-order valence-corrected chi connectivity index (χ2v) is 3.40. The molecule has 1 rings (SSSR count). The first-order chi connectivity index (χ1) is 6.77. The number of aromatic hydroxyl groups is 1. The highest BCUT2D eigenvalue weighted by molar-refractivity contribution is 5.41. The zero-order valence-electron chi connectivity index (χ0n) is 8.92. The number of hydrogen-bond donors (Lipinski definition) is 1. The molecule has 2 nitrogen and oxygen atoms in total. The van der Waals surface area contributed by atoms with Crippen LogP contribution in [-0.2, 0) is 6.42 Å². The molecule has 0 atom stereocenters. The topological polar surface area (TPSA) is 29.5 Å². The Kier molecular flexibility index (Phi) is 4.30. The highest BCUT2D eigenvalue weighted by atomic mass is 16.5. The van der Waals surface area contributed by atoms with Crippen molar-refractivity contribution >= 4 is 0 Å². The predicted octanol–water partition coefficient (Wildman–Crippen LogP) is 3.13. The average molecular weight is 194 g/mol. The van der Waals surface area contributed by atoms with E-state index in [9.17, 15) is 5.11 Å². The lowest BCUT2D eigenvalue weighted by molar-refractivity contribution is 0.299. The van der Waals surface area contributed by atoms with Crippen molar-refractivity contribution in [3.63, 3.8) is 0 Å². The predicted molar refractivity (Wildman–Crippen MR) is 57.9 cm³/mol. The van der Waals surface area contributed by atoms with Crippen LogP contribution in [0.2, 0.25) is 0 Å². The fourth-order valence-electron chi connectivity index (χ4n) is 1.34. The van der Waals surface area contributed by atoms with E-state index in [2.05, 4.69) is 6.92 Å². The molecular weight excluding hydrogens is 176 g/mol. The molecule has 0 aliphatic heterocycles. The minimum absolute atomic E-state index is 0.254. The Hall–Kier alpha value is -1.18. The number of phenolic OH excluding ortho intramolecular Hbond substituents is 1. The van der Waals surface area contributed by atoms with E-state index >= 15 is 0 Å². The molecule has 0 radical (unpaired) electrons. The van der Waals surface area contributed by atoms with Gasteiger partial charge in [-0.25, -0.2) is 0 Å². The molecule has 0 amide bonds. The van der Waals surface area contributed by atoms with Gasteiger partial charge in [0.2, 0.25) is 0 Å². The maximum atomic E-state index is 9.62. The van der Waals surface area contributed by atoms with Crippen LogP contribution in [0.15, 0.2) is 18.2 Å². The second kappa shape index (κ2) is 5.53. The molecule has 0 aliphatic rings. The van der Waals surface area contributed by atoms with Gasteiger partial charge in [0.15, 0.2) is 11.5 Å². The molecule has 1 aromatic rings. The molecule has 0 fully saturated rings. The largest absolute Gasteiger partial charge is 0.504 e. The summed E-state index contributed by atoms with van der Waals surface area (Å²) in [5, 5.41) is 9.62. The van der Waals surface area contributed by atoms with Crippen LogP contribution in [0, 0.1) is 0 Å². The standard InChI is InChI=1S/C12H18O2/c1-3-5-10-6-7-12(11(13)9-10)14-8-4-2/h6-7,9,13H,3-5,8H2,1-2H3. The Morgan fingerprint density at radius 1 is 1.21 bits per heavy atom. The summed E-state index contributed by atoms with van der Waals surface area (Å²) in [6, 6.07) is 5.64. The van der Waals surface area contributed by atoms with Crippen LogP contribution in [0.25, 0.3) is 0 Å². The first-order valence-corrected chi connectivity index (χ1v) is 5.22. The third-order valence-electron chi connectivity index (χ3n) is 2.02. The highest BCUT2D eigenvalue weighted by Crippen LogP contribution is 2.27. The zero-order valence-corrected chi connectivity index (χ0v) is 8.92. The summed E-state index contributed by atoms with van der Waals surface area (Å²) in [7, 11) is 0. The molecule has 0 saturated heterocycles. The number of benzene rings is 1. The Morgan fingerprint density at radius 3 is 2.57 bits per heavy atom. The van der Waals surface area contributed by atoms with Crippen LogP contribution in [0.4, 0.5) is 0 Å². The van der Waals surface area contributed by atoms with Gasteiger partial charge >= 0.3 is 0 Å². The van der Waals surface area contributed by atoms with Crippen molar-refractivity contribution in [2.75, 3.05) is 6.61 Å². The van der Waals surface area contributed by atoms with E-state index in [1.807, 2.05) is 19.1 Å². The molecule has 0 bridgehead atoms. The molecule has 0 aromatic heterocycles. The normalized spacial score (nSPS) is 10.1. The first kappa shape index (κ1) is 10.9. The van der Waals surface area contributed by atoms with Crippen LogP contribution in [-0.4, -0.2) is 11.7 Å². The Labute approximate surface area is 85.5 Å². The molecule has 0 spiro atoms. The van der Waals surface area contributed by atoms with Crippen LogP contribution in [0.1, 0.15) is 32.3 Å². The molecular formula is C12H18O2. The lowest BCUT2D eigenvalue weighted by Gasteiger charge is -2.08. The minimum atomic E-state index is 0.254. The molecule has 1 N–H and O–H groups in total. The monoisotopic (exact) mass is 194 g/mol. The van der Waals surface area contributed by atoms with Crippen LogP contribution >= 0.6 is 0 Å². The fourth-order valence-corrected chi connectivity index (χ4v) is 1.34. The third kappa shape index (κ3) is 2.95. The van der Waals surface area contributed by atoms with Crippen LogP contribution < -0.4 is 4.74 Å². The van der Waals surface area contributed by atoms with Gasteiger partial charge in [0, 0.05) is 0 Å². The van der Waals surface area contributed by atoms with Gasteiger partial charge in [-0.1, -0.05) is 26.3 Å². The summed E-state index contributed by atoms with van der Waals surface area (Å²) in [6.45, 7) is 4.82. The zero-order chi connectivity index (χ0) is 10.4. The first-order valence-electron chi connectivity index (χ1n) is 5.22. The minimum Gasteiger partial charge on any atom is -0.504 e. The summed E-state index contributed by atoms with van der Waals surface area (Å²) in [5.41, 5.74) is 1.16. The summed E-state index contributed by atoms with van der Waals surface area (Å²) < 4.78 is 5.37. The van der Waals surface area contributed by atoms with Crippen molar-refractivity contribution in [2.45, 2.75) is 33.1 Å². The molecule has 14 heavy (non-hydrogen) atoms. The molecule has 2 heteroatoms. The van der Waals surface area contributed by atoms with Gasteiger partial charge < -0.3 is 9.84 Å². The van der Waals surface area contributed by atoms with Gasteiger partial charge in [0.05, 0.1) is 6.61 Å². The van der Waals surface area contributed by atoms with Crippen molar-refractivity contribution in [1.82, 2.24) is 0 Å². The van der Waals surface area contributed by atoms with Gasteiger partial charge in [-0.2, -0.15) is 0 Å². The van der Waals surface area contributed by atoms with Gasteiger partial charge in [-0.15, -0.1) is 0 Å². The number of phenols is 1. The number of ether oxygens (including phenoxy) is 1. The summed E-state index contributed by atoms with van der Waals surface area (Å²) in [4.78, 5) is 0. The van der Waals surface area contributed by atoms with E-state index < -0.39 is 0 Å². The van der Waals surface area contributed by atoms with Gasteiger partial charge in [-0.05, 0) is 30.5 Å². The van der Waals surface area contributed by atoms with Crippen LogP contribution in [0.5, 0.6) is 11.5 Å². The van der Waals surface area contributed by atoms with Crippen molar-refractivity contribution in [2.24, 2.45) is 0 Å². The van der Waals surface area contributed by atoms with E-state index in [1.54, 1.807) is 6.07 Å². The maximum Gasteiger partial charge on any atom is 0.160 e. The van der Waals surface area contributed by atoms with E-state index in [0.717, 1.165) is 24.8 Å². The second-order valence-electron chi connectivity index (χ2n) is 3.40. The van der Waals surface area contributed by atoms with Crippen molar-refractivity contribution in [1.29, 1.82) is 0 Å². The van der Waals surface area contributed by atoms with E-state index in [1.165, 1.54) is 0 Å². The van der Waals surface area contributed by atoms with Gasteiger partial charge in [0.25, 0.3) is 0 Å². The van der Waals surface area contributed by atoms with Crippen molar-refractivity contribution in [3.05, 3.63) is 23.8 Å². The highest BCUT2D eigenvalue weighted by Gasteiger charge is 2.02. The number of hydrogen-bond acceptors (Lipinski definition) is 2. The number of rotatable bonds is 5. The van der Waals surface area contributed by atoms with Gasteiger partial charge in [-0.3, -0.25) is 0 Å². The smallest absolute Gasteiger partial charge is 0.160 e. The maximum absolute atomic E-state index is 9.62. The summed E-state index contributed by atoms with van der Waals surface area (Å²) in [6.07, 6.45) is 3.05. The molecule has 78 valence electrons. The molecule has 1 aromatic carbocycles. The summed E-state index contributed by atoms with van der Waals surface area (Å²) in [5.74, 6) is 0.844. The van der Waals surface area contributed by atoms with Crippen molar-refractivity contribution in [3.8, 4) is 11.5 Å². The molecule has 0 saturated carbocycles. The quantitative estimate of drug-likeness (QED) is 0.780. The average Bonchev–Trinajstić information content (AvgIpc) is 2.17. The lowest BCUT2D eigenvalue weighted by atomic mass is 10.1. The summed E-state index contributed by atoms with van der Waals surface area (Å²) >= 11 is 0. The molecule has 0 aliphatic carbocycles.